The molecule has 120 valence electrons. The number of rotatable bonds is 4. The van der Waals surface area contributed by atoms with Crippen LogP contribution in [-0.4, -0.2) is 60.0 Å². The maximum Gasteiger partial charge on any atom is 0.253 e. The Morgan fingerprint density at radius 1 is 1.32 bits per heavy atom. The molecular weight excluding hydrogens is 280 g/mol. The van der Waals surface area contributed by atoms with Gasteiger partial charge in [0.2, 0.25) is 5.91 Å². The zero-order chi connectivity index (χ0) is 16.1. The Kier molecular flexibility index (Phi) is 5.55. The summed E-state index contributed by atoms with van der Waals surface area (Å²) in [5.41, 5.74) is 1.79. The monoisotopic (exact) mass is 304 g/mol. The smallest absolute Gasteiger partial charge is 0.253 e. The van der Waals surface area contributed by atoms with Gasteiger partial charge in [-0.05, 0) is 31.9 Å². The Morgan fingerprint density at radius 3 is 2.64 bits per heavy atom. The van der Waals surface area contributed by atoms with Gasteiger partial charge in [-0.15, -0.1) is 0 Å². The fraction of sp³-hybridized carbons (Fsp3) is 0.529. The molecule has 0 saturated carbocycles. The molecule has 1 heterocycles. The van der Waals surface area contributed by atoms with Crippen LogP contribution in [0, 0.1) is 12.8 Å². The minimum Gasteiger partial charge on any atom is -0.395 e. The van der Waals surface area contributed by atoms with Crippen LogP contribution in [0.5, 0.6) is 0 Å². The van der Waals surface area contributed by atoms with Gasteiger partial charge in [-0.25, -0.2) is 0 Å². The number of aliphatic hydroxyl groups is 1. The largest absolute Gasteiger partial charge is 0.395 e. The van der Waals surface area contributed by atoms with Gasteiger partial charge in [-0.3, -0.25) is 9.59 Å². The second kappa shape index (κ2) is 7.40. The van der Waals surface area contributed by atoms with E-state index in [-0.39, 0.29) is 24.3 Å². The number of nitrogens with zero attached hydrogens (tertiary/aromatic N) is 2. The molecule has 5 nitrogen and oxygen atoms in total. The SMILES string of the molecule is Cc1ccc(C(=O)N2CCCC(C(=O)N(C)CCO)C2)cc1. The molecule has 1 aliphatic heterocycles. The Bertz CT molecular complexity index is 527. The molecule has 1 saturated heterocycles. The number of likely N-dealkylation sites (tertiary alicyclic amines) is 1. The first-order valence-corrected chi connectivity index (χ1v) is 7.74. The fourth-order valence-corrected chi connectivity index (χ4v) is 2.81. The Morgan fingerprint density at radius 2 is 2.00 bits per heavy atom. The topological polar surface area (TPSA) is 60.9 Å². The van der Waals surface area contributed by atoms with E-state index in [0.717, 1.165) is 18.4 Å². The minimum absolute atomic E-state index is 0.00968. The van der Waals surface area contributed by atoms with Gasteiger partial charge in [0.05, 0.1) is 12.5 Å². The van der Waals surface area contributed by atoms with Crippen LogP contribution in [-0.2, 0) is 4.79 Å². The molecule has 0 bridgehead atoms. The Hall–Kier alpha value is -1.88. The van der Waals surface area contributed by atoms with Crippen LogP contribution >= 0.6 is 0 Å². The molecule has 0 aromatic heterocycles. The van der Waals surface area contributed by atoms with E-state index in [9.17, 15) is 9.59 Å². The van der Waals surface area contributed by atoms with Crippen molar-refractivity contribution in [1.29, 1.82) is 0 Å². The molecule has 22 heavy (non-hydrogen) atoms. The summed E-state index contributed by atoms with van der Waals surface area (Å²) < 4.78 is 0. The Labute approximate surface area is 131 Å². The summed E-state index contributed by atoms with van der Waals surface area (Å²) >= 11 is 0. The van der Waals surface area contributed by atoms with Gasteiger partial charge in [0.15, 0.2) is 0 Å². The molecule has 0 spiro atoms. The average molecular weight is 304 g/mol. The summed E-state index contributed by atoms with van der Waals surface area (Å²) in [6.45, 7) is 3.44. The van der Waals surface area contributed by atoms with Crippen molar-refractivity contribution in [2.45, 2.75) is 19.8 Å². The number of hydrogen-bond acceptors (Lipinski definition) is 3. The van der Waals surface area contributed by atoms with Crippen LogP contribution in [0.4, 0.5) is 0 Å². The lowest BCUT2D eigenvalue weighted by atomic mass is 9.96. The predicted octanol–water partition coefficient (Wildman–Crippen LogP) is 1.30. The lowest BCUT2D eigenvalue weighted by Crippen LogP contribution is -2.46. The molecule has 1 atom stereocenters. The Balaban J connectivity index is 2.02. The first-order valence-electron chi connectivity index (χ1n) is 7.74. The van der Waals surface area contributed by atoms with Crippen molar-refractivity contribution in [2.24, 2.45) is 5.92 Å². The molecule has 0 aliphatic carbocycles. The zero-order valence-corrected chi connectivity index (χ0v) is 13.3. The number of carbonyl (C=O) groups is 2. The summed E-state index contributed by atoms with van der Waals surface area (Å²) in [7, 11) is 1.69. The zero-order valence-electron chi connectivity index (χ0n) is 13.3. The van der Waals surface area contributed by atoms with Crippen molar-refractivity contribution < 1.29 is 14.7 Å². The van der Waals surface area contributed by atoms with Crippen LogP contribution in [0.25, 0.3) is 0 Å². The third-order valence-corrected chi connectivity index (χ3v) is 4.17. The molecule has 2 amide bonds. The van der Waals surface area contributed by atoms with E-state index in [4.69, 9.17) is 5.11 Å². The van der Waals surface area contributed by atoms with E-state index in [1.807, 2.05) is 31.2 Å². The van der Waals surface area contributed by atoms with Crippen LogP contribution in [0.15, 0.2) is 24.3 Å². The number of amides is 2. The molecule has 1 fully saturated rings. The highest BCUT2D eigenvalue weighted by atomic mass is 16.3. The van der Waals surface area contributed by atoms with Gasteiger partial charge >= 0.3 is 0 Å². The van der Waals surface area contributed by atoms with Crippen LogP contribution < -0.4 is 0 Å². The molecule has 1 aliphatic rings. The van der Waals surface area contributed by atoms with Crippen molar-refractivity contribution in [3.8, 4) is 0 Å². The quantitative estimate of drug-likeness (QED) is 0.912. The van der Waals surface area contributed by atoms with Crippen LogP contribution in [0.1, 0.15) is 28.8 Å². The number of piperidine rings is 1. The first kappa shape index (κ1) is 16.5. The highest BCUT2D eigenvalue weighted by Gasteiger charge is 2.30. The van der Waals surface area contributed by atoms with Crippen molar-refractivity contribution in [2.75, 3.05) is 33.3 Å². The number of carbonyl (C=O) groups excluding carboxylic acids is 2. The predicted molar refractivity (Wildman–Crippen MR) is 84.5 cm³/mol. The summed E-state index contributed by atoms with van der Waals surface area (Å²) in [6.07, 6.45) is 1.63. The lowest BCUT2D eigenvalue weighted by Gasteiger charge is -2.34. The summed E-state index contributed by atoms with van der Waals surface area (Å²) in [6, 6.07) is 7.52. The highest BCUT2D eigenvalue weighted by molar-refractivity contribution is 5.94. The molecular formula is C17H24N2O3. The van der Waals surface area contributed by atoms with Crippen molar-refractivity contribution in [1.82, 2.24) is 9.80 Å². The van der Waals surface area contributed by atoms with Gasteiger partial charge in [0.25, 0.3) is 5.91 Å². The number of likely N-dealkylation sites (N-methyl/N-ethyl adjacent to an activating group) is 1. The van der Waals surface area contributed by atoms with E-state index in [1.54, 1.807) is 16.8 Å². The maximum atomic E-state index is 12.5. The summed E-state index contributed by atoms with van der Waals surface area (Å²) in [4.78, 5) is 28.2. The number of aryl methyl sites for hydroxylation is 1. The molecule has 1 aromatic rings. The second-order valence-corrected chi connectivity index (χ2v) is 5.94. The number of benzene rings is 1. The molecule has 5 heteroatoms. The van der Waals surface area contributed by atoms with Crippen molar-refractivity contribution in [3.63, 3.8) is 0 Å². The van der Waals surface area contributed by atoms with E-state index in [0.29, 0.717) is 25.2 Å². The standard InChI is InChI=1S/C17H24N2O3/c1-13-5-7-14(8-6-13)17(22)19-9-3-4-15(12-19)16(21)18(2)10-11-20/h5-8,15,20H,3-4,9-12H2,1-2H3. The number of aliphatic hydroxyl groups excluding tert-OH is 1. The minimum atomic E-state index is -0.167. The second-order valence-electron chi connectivity index (χ2n) is 5.94. The van der Waals surface area contributed by atoms with E-state index >= 15 is 0 Å². The summed E-state index contributed by atoms with van der Waals surface area (Å²) in [5, 5.41) is 8.94. The molecule has 1 aromatic carbocycles. The maximum absolute atomic E-state index is 12.5. The molecule has 0 radical (unpaired) electrons. The van der Waals surface area contributed by atoms with Crippen LogP contribution in [0.2, 0.25) is 0 Å². The third-order valence-electron chi connectivity index (χ3n) is 4.17. The average Bonchev–Trinajstić information content (AvgIpc) is 2.54. The number of hydrogen-bond donors (Lipinski definition) is 1. The van der Waals surface area contributed by atoms with E-state index < -0.39 is 0 Å². The lowest BCUT2D eigenvalue weighted by molar-refractivity contribution is -0.136. The normalized spacial score (nSPS) is 18.1. The van der Waals surface area contributed by atoms with Gasteiger partial charge in [0.1, 0.15) is 0 Å². The van der Waals surface area contributed by atoms with Gasteiger partial charge in [-0.2, -0.15) is 0 Å². The van der Waals surface area contributed by atoms with Crippen molar-refractivity contribution in [3.05, 3.63) is 35.4 Å². The molecule has 1 unspecified atom stereocenters. The first-order chi connectivity index (χ1) is 10.5. The van der Waals surface area contributed by atoms with Gasteiger partial charge in [-0.1, -0.05) is 17.7 Å². The fourth-order valence-electron chi connectivity index (χ4n) is 2.81. The van der Waals surface area contributed by atoms with E-state index in [1.165, 1.54) is 0 Å². The molecule has 2 rings (SSSR count). The van der Waals surface area contributed by atoms with Crippen LogP contribution in [0.3, 0.4) is 0 Å². The van der Waals surface area contributed by atoms with Crippen molar-refractivity contribution >= 4 is 11.8 Å². The highest BCUT2D eigenvalue weighted by Crippen LogP contribution is 2.20. The molecule has 1 N–H and O–H groups in total. The summed E-state index contributed by atoms with van der Waals surface area (Å²) in [5.74, 6) is -0.169. The van der Waals surface area contributed by atoms with Gasteiger partial charge < -0.3 is 14.9 Å². The third kappa shape index (κ3) is 3.85. The van der Waals surface area contributed by atoms with Gasteiger partial charge in [0, 0.05) is 32.2 Å². The van der Waals surface area contributed by atoms with E-state index in [2.05, 4.69) is 0 Å².